The summed E-state index contributed by atoms with van der Waals surface area (Å²) in [5.41, 5.74) is 2.18. The molecule has 2 unspecified atom stereocenters. The number of hydrogen-bond donors (Lipinski definition) is 1. The Morgan fingerprint density at radius 1 is 1.42 bits per heavy atom. The maximum Gasteiger partial charge on any atom is 0.120 e. The van der Waals surface area contributed by atoms with Gasteiger partial charge in [-0.2, -0.15) is 0 Å². The molecule has 0 amide bonds. The van der Waals surface area contributed by atoms with Crippen LogP contribution in [0.5, 0.6) is 5.75 Å². The lowest BCUT2D eigenvalue weighted by Crippen LogP contribution is -2.34. The summed E-state index contributed by atoms with van der Waals surface area (Å²) in [5.74, 6) is 0.384. The van der Waals surface area contributed by atoms with Gasteiger partial charge in [0.25, 0.3) is 0 Å². The van der Waals surface area contributed by atoms with Crippen molar-refractivity contribution in [2.75, 3.05) is 20.2 Å². The molecule has 1 N–H and O–H groups in total. The first-order valence-corrected chi connectivity index (χ1v) is 7.19. The van der Waals surface area contributed by atoms with E-state index in [1.165, 1.54) is 18.4 Å². The second-order valence-electron chi connectivity index (χ2n) is 5.67. The first kappa shape index (κ1) is 14.4. The molecule has 2 atom stereocenters. The van der Waals surface area contributed by atoms with Gasteiger partial charge < -0.3 is 9.84 Å². The van der Waals surface area contributed by atoms with E-state index in [1.807, 2.05) is 6.07 Å². The van der Waals surface area contributed by atoms with Crippen LogP contribution in [0.15, 0.2) is 18.2 Å². The summed E-state index contributed by atoms with van der Waals surface area (Å²) in [4.78, 5) is 2.27. The molecule has 1 aliphatic rings. The van der Waals surface area contributed by atoms with Crippen molar-refractivity contribution in [1.29, 1.82) is 0 Å². The number of phenols is 1. The molecule has 19 heavy (non-hydrogen) atoms. The first-order chi connectivity index (χ1) is 9.08. The van der Waals surface area contributed by atoms with Crippen LogP contribution in [0.4, 0.5) is 0 Å². The van der Waals surface area contributed by atoms with Crippen LogP contribution < -0.4 is 0 Å². The number of aryl methyl sites for hydroxylation is 1. The number of phenolic OH excluding ortho intramolecular Hbond substituents is 1. The number of likely N-dealkylation sites (N-methyl/N-ethyl adjacent to an activating group) is 1. The van der Waals surface area contributed by atoms with Gasteiger partial charge in [-0.1, -0.05) is 17.7 Å². The molecule has 3 heteroatoms. The standard InChI is InChI=1S/C16H25NO2/c1-12-7-8-16(18)15(10-12)13(2)17(3)11-14-6-4-5-9-19-14/h7-8,10,13-14,18H,4-6,9,11H2,1-3H3. The molecular weight excluding hydrogens is 238 g/mol. The fourth-order valence-corrected chi connectivity index (χ4v) is 2.68. The zero-order valence-corrected chi connectivity index (χ0v) is 12.2. The SMILES string of the molecule is Cc1ccc(O)c(C(C)N(C)CC2CCCCO2)c1. The minimum Gasteiger partial charge on any atom is -0.508 e. The second-order valence-corrected chi connectivity index (χ2v) is 5.67. The van der Waals surface area contributed by atoms with Gasteiger partial charge in [-0.05, 0) is 46.2 Å². The lowest BCUT2D eigenvalue weighted by atomic mass is 10.0. The second kappa shape index (κ2) is 6.40. The summed E-state index contributed by atoms with van der Waals surface area (Å²) in [7, 11) is 2.10. The van der Waals surface area contributed by atoms with Crippen LogP contribution in [0.2, 0.25) is 0 Å². The minimum absolute atomic E-state index is 0.199. The normalized spacial score (nSPS) is 21.6. The third-order valence-electron chi connectivity index (χ3n) is 4.06. The van der Waals surface area contributed by atoms with Gasteiger partial charge in [0.05, 0.1) is 6.10 Å². The van der Waals surface area contributed by atoms with Gasteiger partial charge in [-0.15, -0.1) is 0 Å². The maximum absolute atomic E-state index is 10.0. The number of aromatic hydroxyl groups is 1. The van der Waals surface area contributed by atoms with E-state index in [4.69, 9.17) is 4.74 Å². The van der Waals surface area contributed by atoms with Crippen molar-refractivity contribution >= 4 is 0 Å². The Bertz CT molecular complexity index is 413. The summed E-state index contributed by atoms with van der Waals surface area (Å²) in [6.07, 6.45) is 3.95. The zero-order chi connectivity index (χ0) is 13.8. The summed E-state index contributed by atoms with van der Waals surface area (Å²) in [5, 5.41) is 10.0. The average molecular weight is 263 g/mol. The van der Waals surface area contributed by atoms with E-state index in [2.05, 4.69) is 31.9 Å². The van der Waals surface area contributed by atoms with Crippen LogP contribution in [-0.4, -0.2) is 36.3 Å². The van der Waals surface area contributed by atoms with Gasteiger partial charge >= 0.3 is 0 Å². The third kappa shape index (κ3) is 3.71. The van der Waals surface area contributed by atoms with E-state index in [0.29, 0.717) is 11.9 Å². The minimum atomic E-state index is 0.199. The molecule has 1 aliphatic heterocycles. The number of ether oxygens (including phenoxy) is 1. The van der Waals surface area contributed by atoms with E-state index in [0.717, 1.165) is 25.1 Å². The van der Waals surface area contributed by atoms with Crippen molar-refractivity contribution in [3.8, 4) is 5.75 Å². The molecule has 1 saturated heterocycles. The van der Waals surface area contributed by atoms with E-state index >= 15 is 0 Å². The van der Waals surface area contributed by atoms with Crippen molar-refractivity contribution in [2.45, 2.75) is 45.3 Å². The van der Waals surface area contributed by atoms with Crippen molar-refractivity contribution in [3.63, 3.8) is 0 Å². The monoisotopic (exact) mass is 263 g/mol. The molecular formula is C16H25NO2. The molecule has 3 nitrogen and oxygen atoms in total. The van der Waals surface area contributed by atoms with Crippen molar-refractivity contribution in [3.05, 3.63) is 29.3 Å². The van der Waals surface area contributed by atoms with E-state index in [9.17, 15) is 5.11 Å². The molecule has 1 heterocycles. The Balaban J connectivity index is 2.01. The molecule has 0 spiro atoms. The Morgan fingerprint density at radius 3 is 2.89 bits per heavy atom. The Morgan fingerprint density at radius 2 is 2.21 bits per heavy atom. The van der Waals surface area contributed by atoms with Crippen LogP contribution >= 0.6 is 0 Å². The molecule has 106 valence electrons. The maximum atomic E-state index is 10.0. The van der Waals surface area contributed by atoms with Crippen LogP contribution in [0.25, 0.3) is 0 Å². The topological polar surface area (TPSA) is 32.7 Å². The number of benzene rings is 1. The highest BCUT2D eigenvalue weighted by molar-refractivity contribution is 5.37. The average Bonchev–Trinajstić information content (AvgIpc) is 2.42. The van der Waals surface area contributed by atoms with E-state index in [-0.39, 0.29) is 6.04 Å². The summed E-state index contributed by atoms with van der Waals surface area (Å²) in [6, 6.07) is 5.99. The fraction of sp³-hybridized carbons (Fsp3) is 0.625. The highest BCUT2D eigenvalue weighted by Gasteiger charge is 2.21. The van der Waals surface area contributed by atoms with Gasteiger partial charge in [-0.3, -0.25) is 4.90 Å². The Hall–Kier alpha value is -1.06. The summed E-state index contributed by atoms with van der Waals surface area (Å²) >= 11 is 0. The highest BCUT2D eigenvalue weighted by Crippen LogP contribution is 2.29. The molecule has 2 rings (SSSR count). The van der Waals surface area contributed by atoms with Gasteiger partial charge in [0.1, 0.15) is 5.75 Å². The molecule has 1 fully saturated rings. The molecule has 1 aromatic carbocycles. The molecule has 0 aromatic heterocycles. The predicted molar refractivity (Wildman–Crippen MR) is 77.5 cm³/mol. The third-order valence-corrected chi connectivity index (χ3v) is 4.06. The highest BCUT2D eigenvalue weighted by atomic mass is 16.5. The molecule has 0 aliphatic carbocycles. The van der Waals surface area contributed by atoms with E-state index in [1.54, 1.807) is 6.07 Å². The Kier molecular flexibility index (Phi) is 4.83. The lowest BCUT2D eigenvalue weighted by Gasteiger charge is -2.31. The Labute approximate surface area is 116 Å². The van der Waals surface area contributed by atoms with Crippen molar-refractivity contribution in [2.24, 2.45) is 0 Å². The zero-order valence-electron chi connectivity index (χ0n) is 12.2. The first-order valence-electron chi connectivity index (χ1n) is 7.19. The van der Waals surface area contributed by atoms with Crippen molar-refractivity contribution < 1.29 is 9.84 Å². The number of rotatable bonds is 4. The van der Waals surface area contributed by atoms with Gasteiger partial charge in [0.2, 0.25) is 0 Å². The molecule has 0 bridgehead atoms. The van der Waals surface area contributed by atoms with Crippen LogP contribution in [-0.2, 0) is 4.74 Å². The number of nitrogens with zero attached hydrogens (tertiary/aromatic N) is 1. The molecule has 1 aromatic rings. The van der Waals surface area contributed by atoms with Crippen LogP contribution in [0, 0.1) is 6.92 Å². The summed E-state index contributed by atoms with van der Waals surface area (Å²) in [6.45, 7) is 6.01. The molecule has 0 saturated carbocycles. The van der Waals surface area contributed by atoms with Crippen molar-refractivity contribution in [1.82, 2.24) is 4.90 Å². The van der Waals surface area contributed by atoms with E-state index < -0.39 is 0 Å². The van der Waals surface area contributed by atoms with Gasteiger partial charge in [0.15, 0.2) is 0 Å². The quantitative estimate of drug-likeness (QED) is 0.905. The van der Waals surface area contributed by atoms with Crippen LogP contribution in [0.3, 0.4) is 0 Å². The van der Waals surface area contributed by atoms with Gasteiger partial charge in [0, 0.05) is 24.8 Å². The van der Waals surface area contributed by atoms with Crippen LogP contribution in [0.1, 0.15) is 43.4 Å². The number of hydrogen-bond acceptors (Lipinski definition) is 3. The predicted octanol–water partition coefficient (Wildman–Crippen LogP) is 3.26. The largest absolute Gasteiger partial charge is 0.508 e. The van der Waals surface area contributed by atoms with Gasteiger partial charge in [-0.25, -0.2) is 0 Å². The lowest BCUT2D eigenvalue weighted by molar-refractivity contribution is -0.00728. The summed E-state index contributed by atoms with van der Waals surface area (Å²) < 4.78 is 5.78. The smallest absolute Gasteiger partial charge is 0.120 e. The fourth-order valence-electron chi connectivity index (χ4n) is 2.68. The molecule has 0 radical (unpaired) electrons.